The minimum atomic E-state index is -1.07. The maximum Gasteiger partial charge on any atom is 0.305 e. The maximum absolute atomic E-state index is 13.8. The van der Waals surface area contributed by atoms with Crippen molar-refractivity contribution < 1.29 is 19.1 Å². The summed E-state index contributed by atoms with van der Waals surface area (Å²) in [6.07, 6.45) is -0.319. The molecule has 0 aliphatic rings. The predicted molar refractivity (Wildman–Crippen MR) is 85.0 cm³/mol. The molecule has 6 heteroatoms. The highest BCUT2D eigenvalue weighted by atomic mass is 35.5. The van der Waals surface area contributed by atoms with E-state index in [0.717, 1.165) is 11.6 Å². The van der Waals surface area contributed by atoms with E-state index in [1.165, 1.54) is 12.1 Å². The van der Waals surface area contributed by atoms with Crippen molar-refractivity contribution in [3.63, 3.8) is 0 Å². The molecular weight excluding hydrogens is 321 g/mol. The van der Waals surface area contributed by atoms with Crippen molar-refractivity contribution in [1.29, 1.82) is 0 Å². The van der Waals surface area contributed by atoms with E-state index in [4.69, 9.17) is 16.7 Å². The second-order valence-electron chi connectivity index (χ2n) is 5.13. The minimum Gasteiger partial charge on any atom is -0.481 e. The average molecular weight is 336 g/mol. The molecule has 0 radical (unpaired) electrons. The number of amides is 1. The second kappa shape index (κ2) is 7.24. The van der Waals surface area contributed by atoms with Crippen LogP contribution >= 0.6 is 11.6 Å². The molecule has 1 amide bonds. The topological polar surface area (TPSA) is 66.4 Å². The maximum atomic E-state index is 13.8. The summed E-state index contributed by atoms with van der Waals surface area (Å²) in [5.74, 6) is -2.58. The minimum absolute atomic E-state index is 0.0273. The van der Waals surface area contributed by atoms with Gasteiger partial charge in [0.05, 0.1) is 23.0 Å². The molecule has 2 aromatic carbocycles. The van der Waals surface area contributed by atoms with E-state index in [-0.39, 0.29) is 17.0 Å². The number of aryl methyl sites for hydroxylation is 1. The van der Waals surface area contributed by atoms with Crippen molar-refractivity contribution in [3.05, 3.63) is 70.0 Å². The normalized spacial score (nSPS) is 11.8. The molecule has 2 N–H and O–H groups in total. The van der Waals surface area contributed by atoms with Crippen LogP contribution in [0.3, 0.4) is 0 Å². The lowest BCUT2D eigenvalue weighted by Crippen LogP contribution is -2.31. The van der Waals surface area contributed by atoms with Crippen LogP contribution in [-0.4, -0.2) is 17.0 Å². The standard InChI is InChI=1S/C17H15ClFNO3/c1-10-5-7-11(8-6-10)14(9-15(21)22)20-17(23)16-12(18)3-2-4-13(16)19/h2-8,14H,9H2,1H3,(H,20,23)(H,21,22)/t14-/m0/s1. The van der Waals surface area contributed by atoms with Crippen LogP contribution in [0.5, 0.6) is 0 Å². The van der Waals surface area contributed by atoms with E-state index >= 15 is 0 Å². The van der Waals surface area contributed by atoms with Gasteiger partial charge in [-0.1, -0.05) is 47.5 Å². The Labute approximate surface area is 137 Å². The molecule has 4 nitrogen and oxygen atoms in total. The quantitative estimate of drug-likeness (QED) is 0.874. The summed E-state index contributed by atoms with van der Waals surface area (Å²) in [7, 11) is 0. The number of carboxylic acids is 1. The summed E-state index contributed by atoms with van der Waals surface area (Å²) in [5.41, 5.74) is 1.33. The van der Waals surface area contributed by atoms with Crippen LogP contribution in [0.25, 0.3) is 0 Å². The van der Waals surface area contributed by atoms with Crippen molar-refractivity contribution in [2.45, 2.75) is 19.4 Å². The number of aliphatic carboxylic acids is 1. The fraction of sp³-hybridized carbons (Fsp3) is 0.176. The van der Waals surface area contributed by atoms with Gasteiger partial charge in [0.25, 0.3) is 5.91 Å². The first kappa shape index (κ1) is 17.0. The van der Waals surface area contributed by atoms with Gasteiger partial charge < -0.3 is 10.4 Å². The molecule has 0 bridgehead atoms. The molecule has 0 saturated heterocycles. The first-order valence-electron chi connectivity index (χ1n) is 6.91. The van der Waals surface area contributed by atoms with Gasteiger partial charge in [-0.3, -0.25) is 9.59 Å². The molecule has 2 rings (SSSR count). The number of carbonyl (C=O) groups excluding carboxylic acids is 1. The van der Waals surface area contributed by atoms with Crippen LogP contribution in [0.1, 0.15) is 33.9 Å². The Balaban J connectivity index is 2.29. The second-order valence-corrected chi connectivity index (χ2v) is 5.54. The molecule has 0 fully saturated rings. The Hall–Kier alpha value is -2.40. The number of hydrogen-bond acceptors (Lipinski definition) is 2. The number of nitrogens with one attached hydrogen (secondary N) is 1. The van der Waals surface area contributed by atoms with Crippen LogP contribution in [-0.2, 0) is 4.79 Å². The number of carboxylic acid groups (broad SMARTS) is 1. The molecule has 0 aliphatic carbocycles. The molecular formula is C17H15ClFNO3. The lowest BCUT2D eigenvalue weighted by molar-refractivity contribution is -0.137. The van der Waals surface area contributed by atoms with E-state index in [1.54, 1.807) is 12.1 Å². The Morgan fingerprint density at radius 1 is 1.22 bits per heavy atom. The summed E-state index contributed by atoms with van der Waals surface area (Å²) in [4.78, 5) is 23.3. The van der Waals surface area contributed by atoms with Crippen LogP contribution < -0.4 is 5.32 Å². The molecule has 23 heavy (non-hydrogen) atoms. The third-order valence-corrected chi connectivity index (χ3v) is 3.67. The molecule has 120 valence electrons. The molecule has 0 aromatic heterocycles. The Kier molecular flexibility index (Phi) is 5.34. The van der Waals surface area contributed by atoms with Gasteiger partial charge in [-0.2, -0.15) is 0 Å². The lowest BCUT2D eigenvalue weighted by Gasteiger charge is -2.18. The van der Waals surface area contributed by atoms with Gasteiger partial charge in [0.15, 0.2) is 0 Å². The van der Waals surface area contributed by atoms with Gasteiger partial charge >= 0.3 is 5.97 Å². The summed E-state index contributed by atoms with van der Waals surface area (Å²) >= 11 is 5.86. The van der Waals surface area contributed by atoms with Gasteiger partial charge in [-0.15, -0.1) is 0 Å². The van der Waals surface area contributed by atoms with Gasteiger partial charge in [0, 0.05) is 0 Å². The summed E-state index contributed by atoms with van der Waals surface area (Å²) in [6, 6.07) is 10.2. The number of benzene rings is 2. The van der Waals surface area contributed by atoms with Crippen molar-refractivity contribution in [3.8, 4) is 0 Å². The Bertz CT molecular complexity index is 711. The monoisotopic (exact) mass is 335 g/mol. The number of hydrogen-bond donors (Lipinski definition) is 2. The van der Waals surface area contributed by atoms with Crippen molar-refractivity contribution in [2.24, 2.45) is 0 Å². The zero-order valence-electron chi connectivity index (χ0n) is 12.3. The molecule has 1 atom stereocenters. The SMILES string of the molecule is Cc1ccc([C@H](CC(=O)O)NC(=O)c2c(F)cccc2Cl)cc1. The first-order valence-corrected chi connectivity index (χ1v) is 7.29. The molecule has 2 aromatic rings. The summed E-state index contributed by atoms with van der Waals surface area (Å²) in [5, 5.41) is 11.6. The molecule has 0 unspecified atom stereocenters. The molecule has 0 spiro atoms. The van der Waals surface area contributed by atoms with Crippen molar-refractivity contribution >= 4 is 23.5 Å². The third-order valence-electron chi connectivity index (χ3n) is 3.35. The van der Waals surface area contributed by atoms with Crippen LogP contribution in [0.15, 0.2) is 42.5 Å². The van der Waals surface area contributed by atoms with Gasteiger partial charge in [0.1, 0.15) is 5.82 Å². The van der Waals surface area contributed by atoms with E-state index < -0.39 is 23.7 Å². The zero-order valence-corrected chi connectivity index (χ0v) is 13.1. The van der Waals surface area contributed by atoms with Crippen molar-refractivity contribution in [1.82, 2.24) is 5.32 Å². The third kappa shape index (κ3) is 4.29. The number of rotatable bonds is 5. The zero-order chi connectivity index (χ0) is 17.0. The summed E-state index contributed by atoms with van der Waals surface area (Å²) < 4.78 is 13.8. The fourth-order valence-corrected chi connectivity index (χ4v) is 2.42. The van der Waals surface area contributed by atoms with E-state index in [1.807, 2.05) is 19.1 Å². The van der Waals surface area contributed by atoms with Crippen LogP contribution in [0.2, 0.25) is 5.02 Å². The van der Waals surface area contributed by atoms with Crippen LogP contribution in [0, 0.1) is 12.7 Å². The highest BCUT2D eigenvalue weighted by Gasteiger charge is 2.22. The van der Waals surface area contributed by atoms with Crippen LogP contribution in [0.4, 0.5) is 4.39 Å². The fourth-order valence-electron chi connectivity index (χ4n) is 2.17. The van der Waals surface area contributed by atoms with E-state index in [2.05, 4.69) is 5.32 Å². The average Bonchev–Trinajstić information content (AvgIpc) is 2.46. The molecule has 0 heterocycles. The van der Waals surface area contributed by atoms with E-state index in [9.17, 15) is 14.0 Å². The molecule has 0 saturated carbocycles. The van der Waals surface area contributed by atoms with Crippen molar-refractivity contribution in [2.75, 3.05) is 0 Å². The predicted octanol–water partition coefficient (Wildman–Crippen LogP) is 3.73. The van der Waals surface area contributed by atoms with Gasteiger partial charge in [-0.05, 0) is 24.6 Å². The highest BCUT2D eigenvalue weighted by Crippen LogP contribution is 2.22. The van der Waals surface area contributed by atoms with Gasteiger partial charge in [0.2, 0.25) is 0 Å². The van der Waals surface area contributed by atoms with Gasteiger partial charge in [-0.25, -0.2) is 4.39 Å². The smallest absolute Gasteiger partial charge is 0.305 e. The highest BCUT2D eigenvalue weighted by molar-refractivity contribution is 6.33. The summed E-state index contributed by atoms with van der Waals surface area (Å²) in [6.45, 7) is 1.90. The first-order chi connectivity index (χ1) is 10.9. The Morgan fingerprint density at radius 2 is 1.87 bits per heavy atom. The van der Waals surface area contributed by atoms with E-state index in [0.29, 0.717) is 5.56 Å². The lowest BCUT2D eigenvalue weighted by atomic mass is 10.0. The number of halogens is 2. The largest absolute Gasteiger partial charge is 0.481 e. The molecule has 0 aliphatic heterocycles. The Morgan fingerprint density at radius 3 is 2.43 bits per heavy atom. The number of carbonyl (C=O) groups is 2.